The average Bonchev–Trinajstić information content (AvgIpc) is 2.57. The summed E-state index contributed by atoms with van der Waals surface area (Å²) in [6, 6.07) is 6.74. The van der Waals surface area contributed by atoms with Crippen molar-refractivity contribution in [1.82, 2.24) is 9.97 Å². The molecule has 0 unspecified atom stereocenters. The van der Waals surface area contributed by atoms with E-state index in [9.17, 15) is 9.59 Å². The van der Waals surface area contributed by atoms with Crippen LogP contribution in [0.2, 0.25) is 0 Å². The largest absolute Gasteiger partial charge is 0.462 e. The Labute approximate surface area is 129 Å². The summed E-state index contributed by atoms with van der Waals surface area (Å²) >= 11 is 0. The highest BCUT2D eigenvalue weighted by molar-refractivity contribution is 5.89. The lowest BCUT2D eigenvalue weighted by atomic mass is 10.3. The Balaban J connectivity index is 0.000000220. The van der Waals surface area contributed by atoms with Crippen LogP contribution in [-0.4, -0.2) is 35.1 Å². The van der Waals surface area contributed by atoms with E-state index in [2.05, 4.69) is 9.97 Å². The number of carbonyl (C=O) groups excluding carboxylic acids is 2. The van der Waals surface area contributed by atoms with Crippen molar-refractivity contribution in [3.8, 4) is 0 Å². The molecule has 22 heavy (non-hydrogen) atoms. The summed E-state index contributed by atoms with van der Waals surface area (Å²) in [4.78, 5) is 29.5. The second-order valence-corrected chi connectivity index (χ2v) is 3.92. The molecule has 0 N–H and O–H groups in total. The molecule has 0 aliphatic carbocycles. The molecule has 0 amide bonds. The maximum absolute atomic E-state index is 11.0. The van der Waals surface area contributed by atoms with Gasteiger partial charge in [0.25, 0.3) is 0 Å². The van der Waals surface area contributed by atoms with E-state index in [-0.39, 0.29) is 11.9 Å². The fourth-order valence-corrected chi connectivity index (χ4v) is 1.40. The summed E-state index contributed by atoms with van der Waals surface area (Å²) in [5.74, 6) is -0.638. The van der Waals surface area contributed by atoms with Crippen molar-refractivity contribution in [3.63, 3.8) is 0 Å². The number of hydrogen-bond acceptors (Lipinski definition) is 6. The lowest BCUT2D eigenvalue weighted by Gasteiger charge is -1.98. The molecule has 2 rings (SSSR count). The number of nitrogens with zero attached hydrogens (tertiary/aromatic N) is 2. The van der Waals surface area contributed by atoms with Crippen LogP contribution in [-0.2, 0) is 9.47 Å². The van der Waals surface area contributed by atoms with Gasteiger partial charge in [0, 0.05) is 24.8 Å². The van der Waals surface area contributed by atoms with E-state index in [1.807, 2.05) is 0 Å². The molecule has 0 aliphatic heterocycles. The standard InChI is InChI=1S/2C8H9NO2/c2*1-2-11-8(10)7-4-3-5-9-6-7/h2*3-6H,2H2,1H3. The number of esters is 2. The van der Waals surface area contributed by atoms with E-state index < -0.39 is 0 Å². The summed E-state index contributed by atoms with van der Waals surface area (Å²) in [6.45, 7) is 4.34. The molecule has 6 heteroatoms. The maximum Gasteiger partial charge on any atom is 0.339 e. The second-order valence-electron chi connectivity index (χ2n) is 3.92. The van der Waals surface area contributed by atoms with Gasteiger partial charge in [0.15, 0.2) is 0 Å². The fourth-order valence-electron chi connectivity index (χ4n) is 1.40. The molecule has 0 radical (unpaired) electrons. The van der Waals surface area contributed by atoms with Crippen LogP contribution in [0.25, 0.3) is 0 Å². The summed E-state index contributed by atoms with van der Waals surface area (Å²) < 4.78 is 9.50. The van der Waals surface area contributed by atoms with Crippen molar-refractivity contribution >= 4 is 11.9 Å². The van der Waals surface area contributed by atoms with Crippen LogP contribution in [0, 0.1) is 0 Å². The number of carbonyl (C=O) groups is 2. The van der Waals surface area contributed by atoms with E-state index >= 15 is 0 Å². The highest BCUT2D eigenvalue weighted by Gasteiger charge is 2.04. The minimum absolute atomic E-state index is 0.319. The maximum atomic E-state index is 11.0. The van der Waals surface area contributed by atoms with Crippen molar-refractivity contribution < 1.29 is 19.1 Å². The van der Waals surface area contributed by atoms with Crippen LogP contribution < -0.4 is 0 Å². The van der Waals surface area contributed by atoms with E-state index in [4.69, 9.17) is 9.47 Å². The van der Waals surface area contributed by atoms with Gasteiger partial charge < -0.3 is 9.47 Å². The van der Waals surface area contributed by atoms with Gasteiger partial charge in [-0.05, 0) is 38.1 Å². The van der Waals surface area contributed by atoms with Gasteiger partial charge in [-0.2, -0.15) is 0 Å². The lowest BCUT2D eigenvalue weighted by molar-refractivity contribution is 0.0516. The van der Waals surface area contributed by atoms with Gasteiger partial charge in [-0.1, -0.05) is 0 Å². The Morgan fingerprint density at radius 3 is 1.55 bits per heavy atom. The molecular weight excluding hydrogens is 284 g/mol. The van der Waals surface area contributed by atoms with E-state index in [0.717, 1.165) is 0 Å². The lowest BCUT2D eigenvalue weighted by Crippen LogP contribution is -2.04. The molecule has 0 aromatic carbocycles. The van der Waals surface area contributed by atoms with Crippen LogP contribution in [0.4, 0.5) is 0 Å². The molecule has 6 nitrogen and oxygen atoms in total. The first-order valence-electron chi connectivity index (χ1n) is 6.83. The minimum atomic E-state index is -0.319. The number of aromatic nitrogens is 2. The monoisotopic (exact) mass is 302 g/mol. The zero-order chi connectivity index (χ0) is 16.2. The Morgan fingerprint density at radius 2 is 1.27 bits per heavy atom. The van der Waals surface area contributed by atoms with Crippen LogP contribution in [0.5, 0.6) is 0 Å². The van der Waals surface area contributed by atoms with Crippen molar-refractivity contribution in [2.45, 2.75) is 13.8 Å². The third kappa shape index (κ3) is 6.13. The number of ether oxygens (including phenoxy) is 2. The third-order valence-corrected chi connectivity index (χ3v) is 2.35. The summed E-state index contributed by atoms with van der Waals surface area (Å²) in [7, 11) is 0. The molecular formula is C16H18N2O4. The van der Waals surface area contributed by atoms with Crippen LogP contribution >= 0.6 is 0 Å². The smallest absolute Gasteiger partial charge is 0.339 e. The fraction of sp³-hybridized carbons (Fsp3) is 0.250. The second kappa shape index (κ2) is 10.0. The summed E-state index contributed by atoms with van der Waals surface area (Å²) in [5, 5.41) is 0. The van der Waals surface area contributed by atoms with E-state index in [1.165, 1.54) is 12.4 Å². The van der Waals surface area contributed by atoms with E-state index in [1.54, 1.807) is 50.5 Å². The Hall–Kier alpha value is -2.76. The SMILES string of the molecule is CCOC(=O)c1cccnc1.CCOC(=O)c1cccnc1. The van der Waals surface area contributed by atoms with Crippen LogP contribution in [0.3, 0.4) is 0 Å². The van der Waals surface area contributed by atoms with Gasteiger partial charge in [0.05, 0.1) is 24.3 Å². The predicted octanol–water partition coefficient (Wildman–Crippen LogP) is 2.52. The van der Waals surface area contributed by atoms with Gasteiger partial charge in [0.1, 0.15) is 0 Å². The summed E-state index contributed by atoms with van der Waals surface area (Å²) in [5.41, 5.74) is 0.990. The van der Waals surface area contributed by atoms with Gasteiger partial charge in [0.2, 0.25) is 0 Å². The topological polar surface area (TPSA) is 78.4 Å². The third-order valence-electron chi connectivity index (χ3n) is 2.35. The van der Waals surface area contributed by atoms with Gasteiger partial charge >= 0.3 is 11.9 Å². The molecule has 2 aromatic rings. The number of rotatable bonds is 4. The first kappa shape index (κ1) is 17.3. The van der Waals surface area contributed by atoms with Crippen molar-refractivity contribution in [2.24, 2.45) is 0 Å². The van der Waals surface area contributed by atoms with Gasteiger partial charge in [-0.15, -0.1) is 0 Å². The van der Waals surface area contributed by atoms with E-state index in [0.29, 0.717) is 24.3 Å². The molecule has 0 spiro atoms. The number of pyridine rings is 2. The zero-order valence-electron chi connectivity index (χ0n) is 12.6. The normalized spacial score (nSPS) is 9.18. The zero-order valence-corrected chi connectivity index (χ0v) is 12.6. The minimum Gasteiger partial charge on any atom is -0.462 e. The first-order chi connectivity index (χ1) is 10.7. The van der Waals surface area contributed by atoms with Crippen LogP contribution in [0.1, 0.15) is 34.6 Å². The molecule has 0 saturated heterocycles. The molecule has 2 heterocycles. The average molecular weight is 302 g/mol. The molecule has 2 aromatic heterocycles. The van der Waals surface area contributed by atoms with Crippen molar-refractivity contribution in [2.75, 3.05) is 13.2 Å². The molecule has 0 bridgehead atoms. The molecule has 0 fully saturated rings. The summed E-state index contributed by atoms with van der Waals surface area (Å²) in [6.07, 6.45) is 6.20. The van der Waals surface area contributed by atoms with Gasteiger partial charge in [-0.3, -0.25) is 9.97 Å². The highest BCUT2D eigenvalue weighted by Crippen LogP contribution is 1.98. The molecule has 0 aliphatic rings. The highest BCUT2D eigenvalue weighted by atomic mass is 16.5. The molecule has 0 saturated carbocycles. The van der Waals surface area contributed by atoms with Crippen LogP contribution in [0.15, 0.2) is 49.1 Å². The number of hydrogen-bond donors (Lipinski definition) is 0. The molecule has 0 atom stereocenters. The van der Waals surface area contributed by atoms with Gasteiger partial charge in [-0.25, -0.2) is 9.59 Å². The molecule has 116 valence electrons. The quantitative estimate of drug-likeness (QED) is 0.807. The Bertz CT molecular complexity index is 520. The van der Waals surface area contributed by atoms with Crippen molar-refractivity contribution in [1.29, 1.82) is 0 Å². The first-order valence-corrected chi connectivity index (χ1v) is 6.83. The van der Waals surface area contributed by atoms with Crippen molar-refractivity contribution in [3.05, 3.63) is 60.2 Å². The predicted molar refractivity (Wildman–Crippen MR) is 80.4 cm³/mol. The Kier molecular flexibility index (Phi) is 7.89. The Morgan fingerprint density at radius 1 is 0.864 bits per heavy atom.